The van der Waals surface area contributed by atoms with Crippen molar-refractivity contribution in [2.24, 2.45) is 0 Å². The molecule has 0 spiro atoms. The molecule has 0 heterocycles. The second-order valence-electron chi connectivity index (χ2n) is 5.34. The van der Waals surface area contributed by atoms with E-state index in [4.69, 9.17) is 10.00 Å². The van der Waals surface area contributed by atoms with E-state index in [0.717, 1.165) is 5.56 Å². The third kappa shape index (κ3) is 6.87. The summed E-state index contributed by atoms with van der Waals surface area (Å²) in [5, 5.41) is 14.0. The van der Waals surface area contributed by atoms with Gasteiger partial charge < -0.3 is 15.4 Å². The van der Waals surface area contributed by atoms with E-state index in [-0.39, 0.29) is 11.5 Å². The van der Waals surface area contributed by atoms with Crippen molar-refractivity contribution in [2.45, 2.75) is 26.8 Å². The predicted octanol–water partition coefficient (Wildman–Crippen LogP) is 1.09. The molecule has 0 aliphatic carbocycles. The summed E-state index contributed by atoms with van der Waals surface area (Å²) in [5.41, 5.74) is 1.51. The SMILES string of the molecule is CCNC(=O)[C@@H](C)NC(=O)COC(=O)/C(C#N)=C/c1ccc(C)cc1. The van der Waals surface area contributed by atoms with Crippen LogP contribution >= 0.6 is 0 Å². The van der Waals surface area contributed by atoms with Gasteiger partial charge in [-0.15, -0.1) is 0 Å². The van der Waals surface area contributed by atoms with Gasteiger partial charge in [-0.25, -0.2) is 4.79 Å². The molecule has 1 rings (SSSR count). The Bertz CT molecular complexity index is 702. The highest BCUT2D eigenvalue weighted by atomic mass is 16.5. The van der Waals surface area contributed by atoms with Crippen molar-refractivity contribution < 1.29 is 19.1 Å². The molecule has 25 heavy (non-hydrogen) atoms. The first-order chi connectivity index (χ1) is 11.9. The van der Waals surface area contributed by atoms with Crippen molar-refractivity contribution >= 4 is 23.9 Å². The molecule has 0 bridgehead atoms. The number of aryl methyl sites for hydroxylation is 1. The maximum Gasteiger partial charge on any atom is 0.349 e. The number of rotatable bonds is 7. The van der Waals surface area contributed by atoms with Crippen LogP contribution in [-0.2, 0) is 19.1 Å². The minimum Gasteiger partial charge on any atom is -0.451 e. The van der Waals surface area contributed by atoms with Crippen molar-refractivity contribution in [3.05, 3.63) is 41.0 Å². The summed E-state index contributed by atoms with van der Waals surface area (Å²) in [4.78, 5) is 35.1. The zero-order chi connectivity index (χ0) is 18.8. The first-order valence-electron chi connectivity index (χ1n) is 7.80. The zero-order valence-corrected chi connectivity index (χ0v) is 14.5. The Balaban J connectivity index is 2.59. The van der Waals surface area contributed by atoms with Gasteiger partial charge in [-0.2, -0.15) is 5.26 Å². The Kier molecular flexibility index (Phi) is 7.87. The minimum atomic E-state index is -0.899. The first kappa shape index (κ1) is 19.9. The Labute approximate surface area is 146 Å². The quantitative estimate of drug-likeness (QED) is 0.438. The number of carbonyl (C=O) groups is 3. The van der Waals surface area contributed by atoms with Crippen LogP contribution in [0.25, 0.3) is 6.08 Å². The molecular weight excluding hydrogens is 322 g/mol. The monoisotopic (exact) mass is 343 g/mol. The third-order valence-corrected chi connectivity index (χ3v) is 3.18. The van der Waals surface area contributed by atoms with Crippen LogP contribution in [0.1, 0.15) is 25.0 Å². The second-order valence-corrected chi connectivity index (χ2v) is 5.34. The summed E-state index contributed by atoms with van der Waals surface area (Å²) in [6.07, 6.45) is 1.39. The van der Waals surface area contributed by atoms with Crippen molar-refractivity contribution in [3.63, 3.8) is 0 Å². The van der Waals surface area contributed by atoms with Crippen molar-refractivity contribution in [2.75, 3.05) is 13.2 Å². The van der Waals surface area contributed by atoms with Crippen LogP contribution < -0.4 is 10.6 Å². The number of benzene rings is 1. The molecule has 1 atom stereocenters. The molecular formula is C18H21N3O4. The van der Waals surface area contributed by atoms with Gasteiger partial charge in [0, 0.05) is 6.54 Å². The maximum absolute atomic E-state index is 11.9. The predicted molar refractivity (Wildman–Crippen MR) is 92.0 cm³/mol. The van der Waals surface area contributed by atoms with Crippen molar-refractivity contribution in [3.8, 4) is 6.07 Å². The second kappa shape index (κ2) is 9.88. The summed E-state index contributed by atoms with van der Waals surface area (Å²) < 4.78 is 4.82. The summed E-state index contributed by atoms with van der Waals surface area (Å²) in [5.74, 6) is -1.86. The number of nitrogens with one attached hydrogen (secondary N) is 2. The summed E-state index contributed by atoms with van der Waals surface area (Å²) in [6, 6.07) is 8.24. The van der Waals surface area contributed by atoms with E-state index < -0.39 is 24.5 Å². The fraction of sp³-hybridized carbons (Fsp3) is 0.333. The number of hydrogen-bond acceptors (Lipinski definition) is 5. The number of nitriles is 1. The van der Waals surface area contributed by atoms with Crippen LogP contribution in [0, 0.1) is 18.3 Å². The van der Waals surface area contributed by atoms with E-state index in [1.807, 2.05) is 19.1 Å². The summed E-state index contributed by atoms with van der Waals surface area (Å²) in [7, 11) is 0. The minimum absolute atomic E-state index is 0.214. The molecule has 0 radical (unpaired) electrons. The van der Waals surface area contributed by atoms with Gasteiger partial charge >= 0.3 is 5.97 Å². The van der Waals surface area contributed by atoms with Gasteiger partial charge in [0.05, 0.1) is 0 Å². The van der Waals surface area contributed by atoms with Crippen molar-refractivity contribution in [1.29, 1.82) is 5.26 Å². The number of hydrogen-bond donors (Lipinski definition) is 2. The summed E-state index contributed by atoms with van der Waals surface area (Å²) >= 11 is 0. The van der Waals surface area contributed by atoms with Gasteiger partial charge in [0.2, 0.25) is 5.91 Å². The standard InChI is InChI=1S/C18H21N3O4/c1-4-20-17(23)13(3)21-16(22)11-25-18(24)15(10-19)9-14-7-5-12(2)6-8-14/h5-9,13H,4,11H2,1-3H3,(H,20,23)(H,21,22)/b15-9+/t13-/m1/s1. The van der Waals surface area contributed by atoms with Gasteiger partial charge in [-0.1, -0.05) is 29.8 Å². The average molecular weight is 343 g/mol. The van der Waals surface area contributed by atoms with E-state index in [1.165, 1.54) is 13.0 Å². The lowest BCUT2D eigenvalue weighted by Crippen LogP contribution is -2.46. The fourth-order valence-corrected chi connectivity index (χ4v) is 1.85. The van der Waals surface area contributed by atoms with Gasteiger partial charge in [-0.3, -0.25) is 9.59 Å². The van der Waals surface area contributed by atoms with Gasteiger partial charge in [0.1, 0.15) is 17.7 Å². The van der Waals surface area contributed by atoms with Crippen LogP contribution in [-0.4, -0.2) is 37.0 Å². The molecule has 0 saturated carbocycles. The van der Waals surface area contributed by atoms with E-state index in [2.05, 4.69) is 10.6 Å². The van der Waals surface area contributed by atoms with Crippen LogP contribution in [0.15, 0.2) is 29.8 Å². The highest BCUT2D eigenvalue weighted by Crippen LogP contribution is 2.09. The molecule has 7 heteroatoms. The molecule has 0 aromatic heterocycles. The molecule has 0 aliphatic heterocycles. The molecule has 2 N–H and O–H groups in total. The maximum atomic E-state index is 11.9. The molecule has 0 aliphatic rings. The van der Waals surface area contributed by atoms with E-state index in [0.29, 0.717) is 12.1 Å². The number of amides is 2. The molecule has 7 nitrogen and oxygen atoms in total. The topological polar surface area (TPSA) is 108 Å². The average Bonchev–Trinajstić information content (AvgIpc) is 2.59. The zero-order valence-electron chi connectivity index (χ0n) is 14.5. The molecule has 2 amide bonds. The van der Waals surface area contributed by atoms with E-state index in [9.17, 15) is 14.4 Å². The van der Waals surface area contributed by atoms with Gasteiger partial charge in [0.15, 0.2) is 6.61 Å². The van der Waals surface area contributed by atoms with Crippen LogP contribution in [0.2, 0.25) is 0 Å². The number of nitrogens with zero attached hydrogens (tertiary/aromatic N) is 1. The van der Waals surface area contributed by atoms with Crippen LogP contribution in [0.4, 0.5) is 0 Å². The molecule has 0 saturated heterocycles. The Hall–Kier alpha value is -3.14. The number of ether oxygens (including phenoxy) is 1. The van der Waals surface area contributed by atoms with Gasteiger partial charge in [-0.05, 0) is 32.4 Å². The van der Waals surface area contributed by atoms with Crippen LogP contribution in [0.5, 0.6) is 0 Å². The van der Waals surface area contributed by atoms with Crippen molar-refractivity contribution in [1.82, 2.24) is 10.6 Å². The highest BCUT2D eigenvalue weighted by molar-refractivity contribution is 5.99. The van der Waals surface area contributed by atoms with E-state index in [1.54, 1.807) is 25.1 Å². The highest BCUT2D eigenvalue weighted by Gasteiger charge is 2.17. The Morgan fingerprint density at radius 3 is 2.48 bits per heavy atom. The Morgan fingerprint density at radius 2 is 1.92 bits per heavy atom. The molecule has 0 fully saturated rings. The lowest BCUT2D eigenvalue weighted by atomic mass is 10.1. The van der Waals surface area contributed by atoms with Gasteiger partial charge in [0.25, 0.3) is 5.91 Å². The number of likely N-dealkylation sites (N-methyl/N-ethyl adjacent to an activating group) is 1. The smallest absolute Gasteiger partial charge is 0.349 e. The Morgan fingerprint density at radius 1 is 1.28 bits per heavy atom. The molecule has 1 aromatic rings. The van der Waals surface area contributed by atoms with Crippen LogP contribution in [0.3, 0.4) is 0 Å². The fourth-order valence-electron chi connectivity index (χ4n) is 1.85. The number of esters is 1. The third-order valence-electron chi connectivity index (χ3n) is 3.18. The lowest BCUT2D eigenvalue weighted by Gasteiger charge is -2.13. The molecule has 1 aromatic carbocycles. The normalized spacial score (nSPS) is 11.8. The lowest BCUT2D eigenvalue weighted by molar-refractivity contribution is -0.144. The summed E-state index contributed by atoms with van der Waals surface area (Å²) in [6.45, 7) is 5.08. The number of carbonyl (C=O) groups excluding carboxylic acids is 3. The molecule has 0 unspecified atom stereocenters. The largest absolute Gasteiger partial charge is 0.451 e. The van der Waals surface area contributed by atoms with E-state index >= 15 is 0 Å². The molecule has 132 valence electrons. The first-order valence-corrected chi connectivity index (χ1v) is 7.80.